The Bertz CT molecular complexity index is 825. The summed E-state index contributed by atoms with van der Waals surface area (Å²) >= 11 is 0. The van der Waals surface area contributed by atoms with Crippen LogP contribution in [0.1, 0.15) is 62.8 Å². The van der Waals surface area contributed by atoms with Crippen LogP contribution in [0.4, 0.5) is 0 Å². The summed E-state index contributed by atoms with van der Waals surface area (Å²) in [7, 11) is 0. The lowest BCUT2D eigenvalue weighted by atomic mass is 10.0. The average molecular weight is 423 g/mol. The number of carbonyl (C=O) groups is 2. The zero-order chi connectivity index (χ0) is 22.8. The number of amides is 2. The molecule has 0 aliphatic rings. The van der Waals surface area contributed by atoms with Crippen LogP contribution in [-0.4, -0.2) is 29.3 Å². The first-order chi connectivity index (χ1) is 14.8. The highest BCUT2D eigenvalue weighted by atomic mass is 16.2. The summed E-state index contributed by atoms with van der Waals surface area (Å²) < 4.78 is 0. The zero-order valence-corrected chi connectivity index (χ0v) is 19.8. The molecule has 0 spiro atoms. The number of aryl methyl sites for hydroxylation is 3. The molecule has 4 heteroatoms. The number of carbonyl (C=O) groups excluding carboxylic acids is 2. The van der Waals surface area contributed by atoms with Crippen LogP contribution in [0.25, 0.3) is 0 Å². The van der Waals surface area contributed by atoms with E-state index in [0.717, 1.165) is 17.5 Å². The molecule has 0 saturated heterocycles. The van der Waals surface area contributed by atoms with Gasteiger partial charge in [0.05, 0.1) is 0 Å². The van der Waals surface area contributed by atoms with Crippen LogP contribution < -0.4 is 5.32 Å². The Hall–Kier alpha value is -2.62. The largest absolute Gasteiger partial charge is 0.354 e. The predicted molar refractivity (Wildman–Crippen MR) is 128 cm³/mol. The van der Waals surface area contributed by atoms with E-state index in [4.69, 9.17) is 0 Å². The van der Waals surface area contributed by atoms with Gasteiger partial charge in [0.2, 0.25) is 11.8 Å². The van der Waals surface area contributed by atoms with E-state index in [1.165, 1.54) is 11.1 Å². The minimum absolute atomic E-state index is 0.0201. The maximum absolute atomic E-state index is 13.3. The van der Waals surface area contributed by atoms with Crippen LogP contribution in [0.3, 0.4) is 0 Å². The Morgan fingerprint density at radius 3 is 2.03 bits per heavy atom. The van der Waals surface area contributed by atoms with Gasteiger partial charge in [-0.15, -0.1) is 0 Å². The Morgan fingerprint density at radius 2 is 1.48 bits per heavy atom. The topological polar surface area (TPSA) is 49.4 Å². The molecule has 1 atom stereocenters. The second kappa shape index (κ2) is 12.3. The molecule has 2 aromatic carbocycles. The normalized spacial score (nSPS) is 11.9. The fourth-order valence-electron chi connectivity index (χ4n) is 3.57. The molecule has 168 valence electrons. The molecule has 0 radical (unpaired) electrons. The second-order valence-corrected chi connectivity index (χ2v) is 8.74. The summed E-state index contributed by atoms with van der Waals surface area (Å²) in [5, 5.41) is 3.02. The van der Waals surface area contributed by atoms with Crippen LogP contribution in [0.15, 0.2) is 48.5 Å². The van der Waals surface area contributed by atoms with Gasteiger partial charge in [-0.1, -0.05) is 81.8 Å². The molecule has 0 unspecified atom stereocenters. The lowest BCUT2D eigenvalue weighted by Crippen LogP contribution is -2.49. The molecule has 0 bridgehead atoms. The molecule has 0 aromatic heterocycles. The first-order valence-corrected chi connectivity index (χ1v) is 11.5. The van der Waals surface area contributed by atoms with Crippen molar-refractivity contribution in [3.8, 4) is 0 Å². The van der Waals surface area contributed by atoms with Crippen LogP contribution in [-0.2, 0) is 29.0 Å². The van der Waals surface area contributed by atoms with Crippen molar-refractivity contribution in [1.29, 1.82) is 0 Å². The van der Waals surface area contributed by atoms with E-state index in [1.54, 1.807) is 4.90 Å². The third kappa shape index (κ3) is 7.86. The van der Waals surface area contributed by atoms with E-state index in [-0.39, 0.29) is 11.8 Å². The van der Waals surface area contributed by atoms with Crippen molar-refractivity contribution in [3.63, 3.8) is 0 Å². The molecule has 0 aliphatic heterocycles. The van der Waals surface area contributed by atoms with Crippen LogP contribution >= 0.6 is 0 Å². The van der Waals surface area contributed by atoms with Gasteiger partial charge in [0.15, 0.2) is 0 Å². The molecule has 0 heterocycles. The van der Waals surface area contributed by atoms with Crippen molar-refractivity contribution in [2.24, 2.45) is 5.92 Å². The Kier molecular flexibility index (Phi) is 9.77. The quantitative estimate of drug-likeness (QED) is 0.550. The first kappa shape index (κ1) is 24.6. The molecule has 0 aliphatic carbocycles. The lowest BCUT2D eigenvalue weighted by molar-refractivity contribution is -0.141. The van der Waals surface area contributed by atoms with Crippen LogP contribution in [0.5, 0.6) is 0 Å². The summed E-state index contributed by atoms with van der Waals surface area (Å²) in [5.74, 6) is 0.324. The summed E-state index contributed by atoms with van der Waals surface area (Å²) in [4.78, 5) is 28.0. The van der Waals surface area contributed by atoms with E-state index in [2.05, 4.69) is 50.4 Å². The molecular weight excluding hydrogens is 384 g/mol. The number of benzene rings is 2. The number of nitrogens with zero attached hydrogens (tertiary/aromatic N) is 1. The monoisotopic (exact) mass is 422 g/mol. The highest BCUT2D eigenvalue weighted by Gasteiger charge is 2.28. The number of nitrogens with one attached hydrogen (secondary N) is 1. The van der Waals surface area contributed by atoms with Crippen molar-refractivity contribution in [3.05, 3.63) is 70.8 Å². The Labute approximate surface area is 188 Å². The number of rotatable bonds is 11. The van der Waals surface area contributed by atoms with E-state index in [0.29, 0.717) is 38.3 Å². The summed E-state index contributed by atoms with van der Waals surface area (Å²) in [5.41, 5.74) is 4.67. The second-order valence-electron chi connectivity index (χ2n) is 8.74. The fourth-order valence-corrected chi connectivity index (χ4v) is 3.57. The van der Waals surface area contributed by atoms with Crippen molar-refractivity contribution < 1.29 is 9.59 Å². The third-order valence-electron chi connectivity index (χ3n) is 5.60. The molecular formula is C27H38N2O2. The van der Waals surface area contributed by atoms with Crippen LogP contribution in [0.2, 0.25) is 0 Å². The zero-order valence-electron chi connectivity index (χ0n) is 19.8. The van der Waals surface area contributed by atoms with Gasteiger partial charge in [-0.3, -0.25) is 9.59 Å². The number of hydrogen-bond donors (Lipinski definition) is 1. The Balaban J connectivity index is 2.16. The third-order valence-corrected chi connectivity index (χ3v) is 5.60. The van der Waals surface area contributed by atoms with Gasteiger partial charge < -0.3 is 10.2 Å². The maximum Gasteiger partial charge on any atom is 0.242 e. The molecule has 2 aromatic rings. The van der Waals surface area contributed by atoms with Crippen LogP contribution in [0, 0.1) is 12.8 Å². The lowest BCUT2D eigenvalue weighted by Gasteiger charge is -2.31. The van der Waals surface area contributed by atoms with E-state index >= 15 is 0 Å². The van der Waals surface area contributed by atoms with Gasteiger partial charge in [0.1, 0.15) is 6.04 Å². The van der Waals surface area contributed by atoms with Gasteiger partial charge in [-0.25, -0.2) is 0 Å². The molecule has 2 amide bonds. The summed E-state index contributed by atoms with van der Waals surface area (Å²) in [6.07, 6.45) is 2.67. The van der Waals surface area contributed by atoms with Gasteiger partial charge in [0.25, 0.3) is 0 Å². The van der Waals surface area contributed by atoms with Gasteiger partial charge in [-0.2, -0.15) is 0 Å². The Morgan fingerprint density at radius 1 is 0.903 bits per heavy atom. The van der Waals surface area contributed by atoms with Gasteiger partial charge in [0, 0.05) is 19.5 Å². The predicted octanol–water partition coefficient (Wildman–Crippen LogP) is 5.07. The summed E-state index contributed by atoms with van der Waals surface area (Å²) in [6, 6.07) is 16.2. The smallest absolute Gasteiger partial charge is 0.242 e. The molecule has 4 nitrogen and oxygen atoms in total. The number of hydrogen-bond acceptors (Lipinski definition) is 2. The summed E-state index contributed by atoms with van der Waals surface area (Å²) in [6.45, 7) is 11.4. The maximum atomic E-state index is 13.3. The molecule has 2 rings (SSSR count). The van der Waals surface area contributed by atoms with E-state index < -0.39 is 6.04 Å². The fraction of sp³-hybridized carbons (Fsp3) is 0.481. The average Bonchev–Trinajstić information content (AvgIpc) is 2.77. The minimum Gasteiger partial charge on any atom is -0.354 e. The van der Waals surface area contributed by atoms with Crippen molar-refractivity contribution >= 4 is 11.8 Å². The molecule has 0 saturated carbocycles. The van der Waals surface area contributed by atoms with Crippen molar-refractivity contribution in [2.45, 2.75) is 72.9 Å². The molecule has 1 N–H and O–H groups in total. The molecule has 31 heavy (non-hydrogen) atoms. The van der Waals surface area contributed by atoms with Crippen molar-refractivity contribution in [2.75, 3.05) is 6.54 Å². The SMILES string of the molecule is CCc1ccc(CCC(=O)N(Cc2ccc(C)cc2)[C@@H](CC)C(=O)NCC(C)C)cc1. The van der Waals surface area contributed by atoms with Gasteiger partial charge in [-0.05, 0) is 48.8 Å². The first-order valence-electron chi connectivity index (χ1n) is 11.5. The highest BCUT2D eigenvalue weighted by Crippen LogP contribution is 2.16. The van der Waals surface area contributed by atoms with E-state index in [9.17, 15) is 9.59 Å². The minimum atomic E-state index is -0.463. The van der Waals surface area contributed by atoms with Gasteiger partial charge >= 0.3 is 0 Å². The van der Waals surface area contributed by atoms with E-state index in [1.807, 2.05) is 38.1 Å². The molecule has 0 fully saturated rings. The standard InChI is InChI=1S/C27H38N2O2/c1-6-22-12-14-23(15-13-22)16-17-26(30)29(19-24-10-8-21(5)9-11-24)25(7-2)27(31)28-18-20(3)4/h8-15,20,25H,6-7,16-19H2,1-5H3,(H,28,31)/t25-/m0/s1. The highest BCUT2D eigenvalue weighted by molar-refractivity contribution is 5.87. The van der Waals surface area contributed by atoms with Crippen molar-refractivity contribution in [1.82, 2.24) is 10.2 Å².